The smallest absolute Gasteiger partial charge is 0.256 e. The van der Waals surface area contributed by atoms with Crippen molar-refractivity contribution in [3.63, 3.8) is 0 Å². The third-order valence-corrected chi connectivity index (χ3v) is 5.14. The van der Waals surface area contributed by atoms with E-state index in [-0.39, 0.29) is 5.91 Å². The first-order valence-corrected chi connectivity index (χ1v) is 9.70. The molecule has 1 aromatic rings. The fourth-order valence-electron chi connectivity index (χ4n) is 3.66. The van der Waals surface area contributed by atoms with E-state index in [0.29, 0.717) is 13.2 Å². The van der Waals surface area contributed by atoms with E-state index in [1.54, 1.807) is 0 Å². The van der Waals surface area contributed by atoms with Crippen LogP contribution in [0.2, 0.25) is 0 Å². The first-order valence-electron chi connectivity index (χ1n) is 9.70. The Morgan fingerprint density at radius 3 is 2.54 bits per heavy atom. The number of nitrogens with one attached hydrogen (secondary N) is 1. The summed E-state index contributed by atoms with van der Waals surface area (Å²) in [6.45, 7) is 7.60. The molecule has 26 heavy (non-hydrogen) atoms. The molecule has 0 spiro atoms. The van der Waals surface area contributed by atoms with Crippen LogP contribution in [0.25, 0.3) is 0 Å². The number of nitrogens with zero attached hydrogens (tertiary/aromatic N) is 1. The predicted octanol–water partition coefficient (Wildman–Crippen LogP) is 2.69. The second kappa shape index (κ2) is 9.35. The molecular formula is C20H30N2O4. The minimum atomic E-state index is -0.651. The molecule has 0 aromatic heterocycles. The molecule has 1 saturated carbocycles. The summed E-state index contributed by atoms with van der Waals surface area (Å²) in [5.41, 5.74) is 0.128. The second-order valence-electron chi connectivity index (χ2n) is 6.92. The quantitative estimate of drug-likeness (QED) is 0.770. The van der Waals surface area contributed by atoms with Gasteiger partial charge in [0.15, 0.2) is 0 Å². The Kier molecular flexibility index (Phi) is 6.88. The van der Waals surface area contributed by atoms with Crippen molar-refractivity contribution < 1.29 is 19.0 Å². The van der Waals surface area contributed by atoms with E-state index in [9.17, 15) is 4.79 Å². The van der Waals surface area contributed by atoms with Gasteiger partial charge in [-0.25, -0.2) is 0 Å². The zero-order valence-corrected chi connectivity index (χ0v) is 15.7. The van der Waals surface area contributed by atoms with Gasteiger partial charge in [0, 0.05) is 31.9 Å². The van der Waals surface area contributed by atoms with Crippen molar-refractivity contribution in [2.45, 2.75) is 38.2 Å². The molecule has 0 unspecified atom stereocenters. The van der Waals surface area contributed by atoms with Crippen LogP contribution in [0.15, 0.2) is 24.3 Å². The van der Waals surface area contributed by atoms with Crippen molar-refractivity contribution in [1.82, 2.24) is 4.90 Å². The molecule has 6 heteroatoms. The maximum atomic E-state index is 12.7. The van der Waals surface area contributed by atoms with Crippen LogP contribution in [-0.2, 0) is 14.3 Å². The molecule has 6 nitrogen and oxygen atoms in total. The largest absolute Gasteiger partial charge is 0.492 e. The van der Waals surface area contributed by atoms with Crippen molar-refractivity contribution in [3.8, 4) is 5.75 Å². The third kappa shape index (κ3) is 4.96. The Labute approximate surface area is 155 Å². The SMILES string of the molecule is CCOC1(C(=O)Nc2ccc(OCCN3CCOCC3)cc2)CCCC1. The summed E-state index contributed by atoms with van der Waals surface area (Å²) in [6.07, 6.45) is 3.69. The molecule has 1 heterocycles. The van der Waals surface area contributed by atoms with Crippen molar-refractivity contribution in [1.29, 1.82) is 0 Å². The lowest BCUT2D eigenvalue weighted by Gasteiger charge is -2.27. The maximum Gasteiger partial charge on any atom is 0.256 e. The number of anilines is 1. The number of benzene rings is 1. The molecule has 3 rings (SSSR count). The van der Waals surface area contributed by atoms with Crippen LogP contribution >= 0.6 is 0 Å². The van der Waals surface area contributed by atoms with Gasteiger partial charge >= 0.3 is 0 Å². The number of carbonyl (C=O) groups is 1. The highest BCUT2D eigenvalue weighted by molar-refractivity contribution is 5.97. The monoisotopic (exact) mass is 362 g/mol. The van der Waals surface area contributed by atoms with E-state index in [1.807, 2.05) is 31.2 Å². The number of ether oxygens (including phenoxy) is 3. The fourth-order valence-corrected chi connectivity index (χ4v) is 3.66. The predicted molar refractivity (Wildman–Crippen MR) is 101 cm³/mol. The lowest BCUT2D eigenvalue weighted by molar-refractivity contribution is -0.140. The summed E-state index contributed by atoms with van der Waals surface area (Å²) in [5, 5.41) is 3.00. The average molecular weight is 362 g/mol. The Hall–Kier alpha value is -1.63. The summed E-state index contributed by atoms with van der Waals surface area (Å²) in [4.78, 5) is 15.0. The normalized spacial score (nSPS) is 20.0. The zero-order valence-electron chi connectivity index (χ0n) is 15.7. The Morgan fingerprint density at radius 1 is 1.19 bits per heavy atom. The Bertz CT molecular complexity index is 564. The molecule has 1 aromatic carbocycles. The average Bonchev–Trinajstić information content (AvgIpc) is 3.14. The van der Waals surface area contributed by atoms with Gasteiger partial charge in [-0.15, -0.1) is 0 Å². The van der Waals surface area contributed by atoms with Crippen LogP contribution in [0.5, 0.6) is 5.75 Å². The van der Waals surface area contributed by atoms with Crippen LogP contribution in [-0.4, -0.2) is 62.5 Å². The molecule has 144 valence electrons. The highest BCUT2D eigenvalue weighted by Gasteiger charge is 2.41. The van der Waals surface area contributed by atoms with Crippen LogP contribution in [0.3, 0.4) is 0 Å². The van der Waals surface area contributed by atoms with Crippen molar-refractivity contribution in [3.05, 3.63) is 24.3 Å². The molecule has 0 atom stereocenters. The summed E-state index contributed by atoms with van der Waals surface area (Å²) in [5.74, 6) is 0.787. The highest BCUT2D eigenvalue weighted by Crippen LogP contribution is 2.34. The van der Waals surface area contributed by atoms with Gasteiger partial charge in [0.25, 0.3) is 5.91 Å². The summed E-state index contributed by atoms with van der Waals surface area (Å²) in [6, 6.07) is 7.57. The van der Waals surface area contributed by atoms with Gasteiger partial charge in [0.05, 0.1) is 13.2 Å². The minimum absolute atomic E-state index is 0.0298. The molecule has 2 aliphatic rings. The van der Waals surface area contributed by atoms with E-state index in [0.717, 1.165) is 70.0 Å². The van der Waals surface area contributed by atoms with E-state index < -0.39 is 5.60 Å². The van der Waals surface area contributed by atoms with Gasteiger partial charge in [0.2, 0.25) is 0 Å². The Balaban J connectivity index is 1.47. The topological polar surface area (TPSA) is 60.0 Å². The zero-order chi connectivity index (χ0) is 18.2. The molecule has 1 saturated heterocycles. The third-order valence-electron chi connectivity index (χ3n) is 5.14. The number of morpholine rings is 1. The van der Waals surface area contributed by atoms with Crippen LogP contribution < -0.4 is 10.1 Å². The standard InChI is InChI=1S/C20H30N2O4/c1-2-26-20(9-3-4-10-20)19(23)21-17-5-7-18(8-6-17)25-16-13-22-11-14-24-15-12-22/h5-8H,2-4,9-16H2,1H3,(H,21,23). The summed E-state index contributed by atoms with van der Waals surface area (Å²) >= 11 is 0. The number of hydrogen-bond donors (Lipinski definition) is 1. The number of carbonyl (C=O) groups excluding carboxylic acids is 1. The highest BCUT2D eigenvalue weighted by atomic mass is 16.5. The number of rotatable bonds is 8. The van der Waals surface area contributed by atoms with E-state index in [1.165, 1.54) is 0 Å². The molecular weight excluding hydrogens is 332 g/mol. The summed E-state index contributed by atoms with van der Waals surface area (Å²) < 4.78 is 17.0. The molecule has 0 bridgehead atoms. The van der Waals surface area contributed by atoms with Crippen LogP contribution in [0, 0.1) is 0 Å². The minimum Gasteiger partial charge on any atom is -0.492 e. The Morgan fingerprint density at radius 2 is 1.88 bits per heavy atom. The second-order valence-corrected chi connectivity index (χ2v) is 6.92. The molecule has 1 N–H and O–H groups in total. The molecule has 1 aliphatic carbocycles. The van der Waals surface area contributed by atoms with E-state index in [2.05, 4.69) is 10.2 Å². The first-order chi connectivity index (χ1) is 12.7. The fraction of sp³-hybridized carbons (Fsp3) is 0.650. The van der Waals surface area contributed by atoms with Gasteiger partial charge in [-0.1, -0.05) is 0 Å². The van der Waals surface area contributed by atoms with Crippen LogP contribution in [0.1, 0.15) is 32.6 Å². The van der Waals surface area contributed by atoms with Gasteiger partial charge < -0.3 is 19.5 Å². The van der Waals surface area contributed by atoms with Gasteiger partial charge in [-0.05, 0) is 56.9 Å². The van der Waals surface area contributed by atoms with Crippen molar-refractivity contribution in [2.75, 3.05) is 51.4 Å². The lowest BCUT2D eigenvalue weighted by atomic mass is 10.0. The van der Waals surface area contributed by atoms with Gasteiger partial charge in [0.1, 0.15) is 18.0 Å². The first kappa shape index (κ1) is 19.1. The molecule has 1 aliphatic heterocycles. The maximum absolute atomic E-state index is 12.7. The van der Waals surface area contributed by atoms with E-state index in [4.69, 9.17) is 14.2 Å². The van der Waals surface area contributed by atoms with E-state index >= 15 is 0 Å². The number of amides is 1. The summed E-state index contributed by atoms with van der Waals surface area (Å²) in [7, 11) is 0. The molecule has 0 radical (unpaired) electrons. The van der Waals surface area contributed by atoms with Gasteiger partial charge in [-0.2, -0.15) is 0 Å². The van der Waals surface area contributed by atoms with Crippen LogP contribution in [0.4, 0.5) is 5.69 Å². The lowest BCUT2D eigenvalue weighted by Crippen LogP contribution is -2.43. The molecule has 1 amide bonds. The van der Waals surface area contributed by atoms with Gasteiger partial charge in [-0.3, -0.25) is 9.69 Å². The number of hydrogen-bond acceptors (Lipinski definition) is 5. The van der Waals surface area contributed by atoms with Crippen molar-refractivity contribution >= 4 is 11.6 Å². The van der Waals surface area contributed by atoms with Crippen molar-refractivity contribution in [2.24, 2.45) is 0 Å². The molecule has 2 fully saturated rings.